The van der Waals surface area contributed by atoms with Crippen LogP contribution in [-0.4, -0.2) is 22.0 Å². The van der Waals surface area contributed by atoms with Gasteiger partial charge in [0, 0.05) is 0 Å². The Morgan fingerprint density at radius 2 is 1.52 bits per heavy atom. The van der Waals surface area contributed by atoms with Crippen LogP contribution in [0.2, 0.25) is 18.1 Å². The lowest BCUT2D eigenvalue weighted by molar-refractivity contribution is 0.385. The summed E-state index contributed by atoms with van der Waals surface area (Å²) < 4.78 is 12.1. The summed E-state index contributed by atoms with van der Waals surface area (Å²) in [5.41, 5.74) is 8.72. The van der Waals surface area contributed by atoms with E-state index in [0.717, 1.165) is 43.7 Å². The molecule has 0 bridgehead atoms. The minimum absolute atomic E-state index is 0.157. The number of hydrogen-bond acceptors (Lipinski definition) is 3. The number of aryl methyl sites for hydroxylation is 2. The Labute approximate surface area is 178 Å². The topological polar surface area (TPSA) is 44.5 Å². The van der Waals surface area contributed by atoms with Crippen LogP contribution < -0.4 is 14.9 Å². The van der Waals surface area contributed by atoms with Crippen LogP contribution in [0, 0.1) is 5.92 Å². The van der Waals surface area contributed by atoms with Crippen LogP contribution in [0.5, 0.6) is 11.5 Å². The summed E-state index contributed by atoms with van der Waals surface area (Å²) in [6.07, 6.45) is 4.32. The molecule has 0 saturated carbocycles. The quantitative estimate of drug-likeness (QED) is 0.470. The maximum absolute atomic E-state index is 6.47. The minimum atomic E-state index is -1.89. The van der Waals surface area contributed by atoms with Crippen LogP contribution >= 0.6 is 0 Å². The molecular weight excluding hydrogens is 374 g/mol. The van der Waals surface area contributed by atoms with Crippen molar-refractivity contribution in [2.24, 2.45) is 11.7 Å². The van der Waals surface area contributed by atoms with Gasteiger partial charge in [-0.05, 0) is 79.5 Å². The van der Waals surface area contributed by atoms with E-state index in [1.807, 2.05) is 0 Å². The molecule has 0 fully saturated rings. The van der Waals surface area contributed by atoms with Crippen LogP contribution in [0.3, 0.4) is 0 Å². The second-order valence-electron chi connectivity index (χ2n) is 9.51. The summed E-state index contributed by atoms with van der Waals surface area (Å²) in [5, 5.41) is 0.157. The highest BCUT2D eigenvalue weighted by Gasteiger charge is 2.39. The van der Waals surface area contributed by atoms with Crippen molar-refractivity contribution in [3.8, 4) is 11.5 Å². The molecule has 0 aliphatic rings. The predicted molar refractivity (Wildman–Crippen MR) is 126 cm³/mol. The molecule has 3 nitrogen and oxygen atoms in total. The van der Waals surface area contributed by atoms with Gasteiger partial charge < -0.3 is 14.9 Å². The number of benzene rings is 2. The van der Waals surface area contributed by atoms with Gasteiger partial charge in [-0.15, -0.1) is 0 Å². The molecule has 1 atom stereocenters. The van der Waals surface area contributed by atoms with Crippen molar-refractivity contribution in [1.29, 1.82) is 0 Å². The first-order valence-electron chi connectivity index (χ1n) is 10.8. The molecule has 2 aromatic rings. The second kappa shape index (κ2) is 10.3. The first kappa shape index (κ1) is 23.5. The Hall–Kier alpha value is -1.78. The molecule has 160 valence electrons. The third-order valence-electron chi connectivity index (χ3n) is 6.26. The van der Waals surface area contributed by atoms with E-state index in [9.17, 15) is 0 Å². The lowest BCUT2D eigenvalue weighted by atomic mass is 9.93. The summed E-state index contributed by atoms with van der Waals surface area (Å²) >= 11 is 0. The average molecular weight is 414 g/mol. The van der Waals surface area contributed by atoms with Crippen LogP contribution in [0.1, 0.15) is 44.7 Å². The highest BCUT2D eigenvalue weighted by Crippen LogP contribution is 2.40. The minimum Gasteiger partial charge on any atom is -0.541 e. The summed E-state index contributed by atoms with van der Waals surface area (Å²) in [5.74, 6) is 2.23. The molecule has 4 heteroatoms. The Balaban J connectivity index is 1.98. The highest BCUT2D eigenvalue weighted by molar-refractivity contribution is 6.74. The van der Waals surface area contributed by atoms with Crippen molar-refractivity contribution in [3.05, 3.63) is 59.7 Å². The lowest BCUT2D eigenvalue weighted by Gasteiger charge is -2.36. The maximum Gasteiger partial charge on any atom is 0.250 e. The summed E-state index contributed by atoms with van der Waals surface area (Å²) in [6.45, 7) is 12.0. The van der Waals surface area contributed by atoms with Gasteiger partial charge in [-0.2, -0.15) is 0 Å². The molecule has 0 spiro atoms. The van der Waals surface area contributed by atoms with E-state index in [1.165, 1.54) is 11.1 Å². The van der Waals surface area contributed by atoms with E-state index in [0.29, 0.717) is 5.92 Å². The number of ether oxygens (including phenoxy) is 1. The predicted octanol–water partition coefficient (Wildman–Crippen LogP) is 6.22. The van der Waals surface area contributed by atoms with Crippen molar-refractivity contribution in [3.63, 3.8) is 0 Å². The average Bonchev–Trinajstić information content (AvgIpc) is 2.68. The Bertz CT molecular complexity index is 753. The van der Waals surface area contributed by atoms with Gasteiger partial charge in [0.1, 0.15) is 5.75 Å². The van der Waals surface area contributed by atoms with Crippen molar-refractivity contribution in [1.82, 2.24) is 0 Å². The Morgan fingerprint density at radius 1 is 0.897 bits per heavy atom. The third kappa shape index (κ3) is 6.90. The van der Waals surface area contributed by atoms with E-state index < -0.39 is 8.32 Å². The fourth-order valence-electron chi connectivity index (χ4n) is 3.15. The molecule has 0 radical (unpaired) electrons. The number of hydrogen-bond donors (Lipinski definition) is 1. The van der Waals surface area contributed by atoms with Gasteiger partial charge in [-0.25, -0.2) is 0 Å². The maximum atomic E-state index is 6.47. The molecule has 0 aliphatic carbocycles. The zero-order valence-corrected chi connectivity index (χ0v) is 20.1. The lowest BCUT2D eigenvalue weighted by Crippen LogP contribution is -2.43. The molecule has 2 N–H and O–H groups in total. The molecule has 2 rings (SSSR count). The van der Waals surface area contributed by atoms with Crippen LogP contribution in [-0.2, 0) is 12.8 Å². The van der Waals surface area contributed by atoms with Crippen LogP contribution in [0.25, 0.3) is 0 Å². The van der Waals surface area contributed by atoms with Gasteiger partial charge >= 0.3 is 0 Å². The third-order valence-corrected chi connectivity index (χ3v) is 10.6. The van der Waals surface area contributed by atoms with Gasteiger partial charge in [-0.1, -0.05) is 57.2 Å². The molecule has 0 saturated heterocycles. The summed E-state index contributed by atoms with van der Waals surface area (Å²) in [6, 6.07) is 17.0. The molecule has 29 heavy (non-hydrogen) atoms. The van der Waals surface area contributed by atoms with Gasteiger partial charge in [0.25, 0.3) is 8.32 Å². The smallest absolute Gasteiger partial charge is 0.250 e. The monoisotopic (exact) mass is 413 g/mol. The molecule has 0 aromatic heterocycles. The number of nitrogens with two attached hydrogens (primary N) is 1. The SMILES string of the molecule is COc1cc(CCC(CN)CCc2ccccc2)ccc1O[Si](C)(C)C(C)(C)C. The Kier molecular flexibility index (Phi) is 8.35. The van der Waals surface area contributed by atoms with E-state index in [-0.39, 0.29) is 5.04 Å². The van der Waals surface area contributed by atoms with Crippen molar-refractivity contribution in [2.75, 3.05) is 13.7 Å². The molecule has 1 unspecified atom stereocenters. The molecule has 0 aliphatic heterocycles. The van der Waals surface area contributed by atoms with Gasteiger partial charge in [0.2, 0.25) is 0 Å². The number of rotatable bonds is 10. The standard InChI is InChI=1S/C25H39NO2Si/c1-25(2,3)29(5,6)28-23-17-16-21(18-24(23)27-4)13-15-22(19-26)14-12-20-10-8-7-9-11-20/h7-11,16-18,22H,12-15,19,26H2,1-6H3. The summed E-state index contributed by atoms with van der Waals surface area (Å²) in [4.78, 5) is 0. The van der Waals surface area contributed by atoms with E-state index >= 15 is 0 Å². The van der Waals surface area contributed by atoms with Crippen molar-refractivity contribution in [2.45, 2.75) is 64.6 Å². The molecular formula is C25H39NO2Si. The largest absolute Gasteiger partial charge is 0.541 e. The number of methoxy groups -OCH3 is 1. The van der Waals surface area contributed by atoms with Gasteiger partial charge in [0.05, 0.1) is 7.11 Å². The van der Waals surface area contributed by atoms with Gasteiger partial charge in [-0.3, -0.25) is 0 Å². The first-order chi connectivity index (χ1) is 13.7. The zero-order chi connectivity index (χ0) is 21.5. The van der Waals surface area contributed by atoms with Crippen LogP contribution in [0.15, 0.2) is 48.5 Å². The Morgan fingerprint density at radius 3 is 2.07 bits per heavy atom. The summed E-state index contributed by atoms with van der Waals surface area (Å²) in [7, 11) is -0.170. The molecule has 0 heterocycles. The molecule has 0 amide bonds. The normalized spacial score (nSPS) is 13.2. The first-order valence-corrected chi connectivity index (χ1v) is 13.7. The van der Waals surface area contributed by atoms with Crippen molar-refractivity contribution < 1.29 is 9.16 Å². The van der Waals surface area contributed by atoms with Crippen LogP contribution in [0.4, 0.5) is 0 Å². The molecule has 2 aromatic carbocycles. The van der Waals surface area contributed by atoms with E-state index in [1.54, 1.807) is 7.11 Å². The van der Waals surface area contributed by atoms with E-state index in [2.05, 4.69) is 82.4 Å². The van der Waals surface area contributed by atoms with Crippen molar-refractivity contribution >= 4 is 8.32 Å². The zero-order valence-electron chi connectivity index (χ0n) is 19.1. The van der Waals surface area contributed by atoms with E-state index in [4.69, 9.17) is 14.9 Å². The van der Waals surface area contributed by atoms with Gasteiger partial charge in [0.15, 0.2) is 5.75 Å². The fraction of sp³-hybridized carbons (Fsp3) is 0.520. The fourth-order valence-corrected chi connectivity index (χ4v) is 4.17. The highest BCUT2D eigenvalue weighted by atomic mass is 28.4. The second-order valence-corrected chi connectivity index (χ2v) is 14.2.